The summed E-state index contributed by atoms with van der Waals surface area (Å²) in [4.78, 5) is 22.2. The van der Waals surface area contributed by atoms with Gasteiger partial charge in [0.05, 0.1) is 5.75 Å². The average molecular weight is 259 g/mol. The van der Waals surface area contributed by atoms with Gasteiger partial charge in [0.25, 0.3) is 0 Å². The van der Waals surface area contributed by atoms with Crippen LogP contribution < -0.4 is 5.32 Å². The zero-order valence-corrected chi connectivity index (χ0v) is 11.0. The predicted octanol–water partition coefficient (Wildman–Crippen LogP) is 1.33. The molecule has 0 saturated heterocycles. The molecule has 0 fully saturated rings. The average Bonchev–Trinajstić information content (AvgIpc) is 2.13. The zero-order chi connectivity index (χ0) is 13.5. The lowest BCUT2D eigenvalue weighted by atomic mass is 10.2. The Kier molecular flexibility index (Phi) is 6.51. The lowest BCUT2D eigenvalue weighted by molar-refractivity contribution is -0.138. The molecule has 1 amide bonds. The molecule has 0 bridgehead atoms. The van der Waals surface area contributed by atoms with Crippen LogP contribution in [0.4, 0.5) is 4.79 Å². The third-order valence-corrected chi connectivity index (χ3v) is 2.40. The first-order chi connectivity index (χ1) is 7.76. The molecule has 2 N–H and O–H groups in total. The molecule has 6 heteroatoms. The molecular formula is C11H17NO4S. The second-order valence-electron chi connectivity index (χ2n) is 4.26. The fourth-order valence-corrected chi connectivity index (χ4v) is 1.56. The number of aliphatic carboxylic acids is 1. The minimum absolute atomic E-state index is 0.207. The molecule has 1 atom stereocenters. The van der Waals surface area contributed by atoms with Crippen molar-refractivity contribution in [3.8, 4) is 12.3 Å². The lowest BCUT2D eigenvalue weighted by Gasteiger charge is -2.21. The van der Waals surface area contributed by atoms with Crippen LogP contribution in [0.2, 0.25) is 0 Å². The van der Waals surface area contributed by atoms with Crippen molar-refractivity contribution >= 4 is 23.8 Å². The van der Waals surface area contributed by atoms with Gasteiger partial charge in [0.1, 0.15) is 11.6 Å². The van der Waals surface area contributed by atoms with Crippen molar-refractivity contribution in [2.75, 3.05) is 11.5 Å². The first kappa shape index (κ1) is 15.7. The number of alkyl carbamates (subject to hydrolysis) is 1. The van der Waals surface area contributed by atoms with E-state index in [0.29, 0.717) is 5.75 Å². The number of carbonyl (C=O) groups excluding carboxylic acids is 1. The van der Waals surface area contributed by atoms with Crippen LogP contribution in [0.25, 0.3) is 0 Å². The second kappa shape index (κ2) is 7.07. The Morgan fingerprint density at radius 3 is 2.53 bits per heavy atom. The topological polar surface area (TPSA) is 75.6 Å². The molecule has 0 aliphatic rings. The Bertz CT molecular complexity index is 316. The quantitative estimate of drug-likeness (QED) is 0.575. The van der Waals surface area contributed by atoms with Crippen LogP contribution in [0.5, 0.6) is 0 Å². The lowest BCUT2D eigenvalue weighted by Crippen LogP contribution is -2.44. The van der Waals surface area contributed by atoms with E-state index in [2.05, 4.69) is 11.2 Å². The SMILES string of the molecule is C#CCSCC(NC(=O)OC(C)(C)C)C(=O)O. The fourth-order valence-electron chi connectivity index (χ4n) is 0.860. The number of hydrogen-bond acceptors (Lipinski definition) is 4. The summed E-state index contributed by atoms with van der Waals surface area (Å²) < 4.78 is 4.96. The van der Waals surface area contributed by atoms with Gasteiger partial charge in [-0.05, 0) is 20.8 Å². The smallest absolute Gasteiger partial charge is 0.408 e. The summed E-state index contributed by atoms with van der Waals surface area (Å²) in [5.74, 6) is 1.88. The van der Waals surface area contributed by atoms with Crippen molar-refractivity contribution in [2.45, 2.75) is 32.4 Å². The van der Waals surface area contributed by atoms with E-state index in [1.165, 1.54) is 11.8 Å². The van der Waals surface area contributed by atoms with Gasteiger partial charge in [-0.25, -0.2) is 9.59 Å². The van der Waals surface area contributed by atoms with Gasteiger partial charge in [-0.1, -0.05) is 5.92 Å². The number of amides is 1. The molecule has 0 aromatic heterocycles. The first-order valence-electron chi connectivity index (χ1n) is 5.00. The molecule has 5 nitrogen and oxygen atoms in total. The van der Waals surface area contributed by atoms with Crippen LogP contribution in [0.15, 0.2) is 0 Å². The molecule has 0 aliphatic heterocycles. The summed E-state index contributed by atoms with van der Waals surface area (Å²) in [7, 11) is 0. The number of terminal acetylenes is 1. The molecular weight excluding hydrogens is 242 g/mol. The molecule has 0 saturated carbocycles. The third-order valence-electron chi connectivity index (χ3n) is 1.46. The van der Waals surface area contributed by atoms with E-state index in [4.69, 9.17) is 16.3 Å². The largest absolute Gasteiger partial charge is 0.480 e. The van der Waals surface area contributed by atoms with Gasteiger partial charge >= 0.3 is 12.1 Å². The van der Waals surface area contributed by atoms with Gasteiger partial charge in [-0.15, -0.1) is 18.2 Å². The number of ether oxygens (including phenoxy) is 1. The summed E-state index contributed by atoms with van der Waals surface area (Å²) in [5, 5.41) is 11.2. The summed E-state index contributed by atoms with van der Waals surface area (Å²) in [5.41, 5.74) is -0.654. The molecule has 0 radical (unpaired) electrons. The van der Waals surface area contributed by atoms with Crippen LogP contribution >= 0.6 is 11.8 Å². The molecule has 0 rings (SSSR count). The second-order valence-corrected chi connectivity index (χ2v) is 5.29. The van der Waals surface area contributed by atoms with Crippen molar-refractivity contribution < 1.29 is 19.4 Å². The van der Waals surface area contributed by atoms with Gasteiger partial charge in [-0.2, -0.15) is 0 Å². The van der Waals surface area contributed by atoms with Crippen LogP contribution in [-0.4, -0.2) is 40.3 Å². The minimum atomic E-state index is -1.11. The monoisotopic (exact) mass is 259 g/mol. The molecule has 0 aromatic rings. The van der Waals surface area contributed by atoms with Gasteiger partial charge in [0, 0.05) is 5.75 Å². The van der Waals surface area contributed by atoms with Crippen molar-refractivity contribution in [3.05, 3.63) is 0 Å². The maximum absolute atomic E-state index is 11.4. The van der Waals surface area contributed by atoms with Crippen LogP contribution in [0.1, 0.15) is 20.8 Å². The van der Waals surface area contributed by atoms with E-state index >= 15 is 0 Å². The Labute approximate surface area is 105 Å². The van der Waals surface area contributed by atoms with Crippen molar-refractivity contribution in [1.29, 1.82) is 0 Å². The van der Waals surface area contributed by atoms with Crippen LogP contribution in [-0.2, 0) is 9.53 Å². The number of carboxylic acids is 1. The molecule has 17 heavy (non-hydrogen) atoms. The minimum Gasteiger partial charge on any atom is -0.480 e. The van der Waals surface area contributed by atoms with E-state index < -0.39 is 23.7 Å². The number of carboxylic acid groups (broad SMARTS) is 1. The summed E-state index contributed by atoms with van der Waals surface area (Å²) in [6.07, 6.45) is 4.30. The number of hydrogen-bond donors (Lipinski definition) is 2. The maximum atomic E-state index is 11.4. The fraction of sp³-hybridized carbons (Fsp3) is 0.636. The standard InChI is InChI=1S/C11H17NO4S/c1-5-6-17-7-8(9(13)14)12-10(15)16-11(2,3)4/h1,8H,6-7H2,2-4H3,(H,12,15)(H,13,14). The Hall–Kier alpha value is -1.35. The Balaban J connectivity index is 4.22. The predicted molar refractivity (Wildman–Crippen MR) is 67.0 cm³/mol. The van der Waals surface area contributed by atoms with Crippen LogP contribution in [0.3, 0.4) is 0 Å². The van der Waals surface area contributed by atoms with Gasteiger partial charge in [0.15, 0.2) is 0 Å². The highest BCUT2D eigenvalue weighted by atomic mass is 32.2. The van der Waals surface area contributed by atoms with Crippen molar-refractivity contribution in [2.24, 2.45) is 0 Å². The van der Waals surface area contributed by atoms with Crippen molar-refractivity contribution in [3.63, 3.8) is 0 Å². The number of rotatable bonds is 5. The molecule has 0 aliphatic carbocycles. The summed E-state index contributed by atoms with van der Waals surface area (Å²) in [6.45, 7) is 5.11. The highest BCUT2D eigenvalue weighted by Gasteiger charge is 2.23. The number of carbonyl (C=O) groups is 2. The molecule has 1 unspecified atom stereocenters. The molecule has 0 spiro atoms. The normalized spacial score (nSPS) is 12.4. The zero-order valence-electron chi connectivity index (χ0n) is 10.1. The summed E-state index contributed by atoms with van der Waals surface area (Å²) in [6, 6.07) is -0.997. The highest BCUT2D eigenvalue weighted by molar-refractivity contribution is 7.99. The van der Waals surface area contributed by atoms with E-state index in [1.807, 2.05) is 0 Å². The van der Waals surface area contributed by atoms with E-state index in [1.54, 1.807) is 20.8 Å². The van der Waals surface area contributed by atoms with Gasteiger partial charge < -0.3 is 15.2 Å². The molecule has 96 valence electrons. The van der Waals surface area contributed by atoms with E-state index in [0.717, 1.165) is 0 Å². The Morgan fingerprint density at radius 2 is 2.12 bits per heavy atom. The van der Waals surface area contributed by atoms with Gasteiger partial charge in [0.2, 0.25) is 0 Å². The van der Waals surface area contributed by atoms with Gasteiger partial charge in [-0.3, -0.25) is 0 Å². The summed E-state index contributed by atoms with van der Waals surface area (Å²) >= 11 is 1.26. The number of thioether (sulfide) groups is 1. The van der Waals surface area contributed by atoms with Crippen molar-refractivity contribution in [1.82, 2.24) is 5.32 Å². The van der Waals surface area contributed by atoms with E-state index in [-0.39, 0.29) is 5.75 Å². The molecule has 0 heterocycles. The number of nitrogens with one attached hydrogen (secondary N) is 1. The highest BCUT2D eigenvalue weighted by Crippen LogP contribution is 2.08. The molecule has 0 aromatic carbocycles. The van der Waals surface area contributed by atoms with Crippen LogP contribution in [0, 0.1) is 12.3 Å². The maximum Gasteiger partial charge on any atom is 0.408 e. The first-order valence-corrected chi connectivity index (χ1v) is 6.15. The van der Waals surface area contributed by atoms with E-state index in [9.17, 15) is 9.59 Å². The third kappa shape index (κ3) is 8.46. The Morgan fingerprint density at radius 1 is 1.53 bits per heavy atom.